The molecular formula is C13H29Cl2N3O2. The van der Waals surface area contributed by atoms with Crippen LogP contribution in [-0.2, 0) is 9.53 Å². The number of ether oxygens (including phenoxy) is 1. The molecule has 0 aromatic heterocycles. The quantitative estimate of drug-likeness (QED) is 0.694. The minimum atomic E-state index is 0. The van der Waals surface area contributed by atoms with Crippen LogP contribution in [0.1, 0.15) is 19.3 Å². The van der Waals surface area contributed by atoms with Crippen LogP contribution in [0.3, 0.4) is 0 Å². The lowest BCUT2D eigenvalue weighted by Gasteiger charge is -2.19. The van der Waals surface area contributed by atoms with Gasteiger partial charge >= 0.3 is 0 Å². The molecule has 1 aliphatic rings. The average molecular weight is 330 g/mol. The van der Waals surface area contributed by atoms with Crippen LogP contribution in [0.5, 0.6) is 0 Å². The molecule has 0 radical (unpaired) electrons. The van der Waals surface area contributed by atoms with Crippen molar-refractivity contribution in [1.82, 2.24) is 10.2 Å². The first kappa shape index (κ1) is 22.2. The molecule has 122 valence electrons. The van der Waals surface area contributed by atoms with E-state index in [0.29, 0.717) is 19.0 Å². The lowest BCUT2D eigenvalue weighted by atomic mass is 9.95. The second kappa shape index (κ2) is 12.7. The van der Waals surface area contributed by atoms with Gasteiger partial charge in [-0.15, -0.1) is 24.8 Å². The van der Waals surface area contributed by atoms with E-state index in [1.807, 2.05) is 7.05 Å². The molecule has 0 saturated heterocycles. The maximum atomic E-state index is 12.0. The normalized spacial score (nSPS) is 21.2. The molecule has 0 bridgehead atoms. The summed E-state index contributed by atoms with van der Waals surface area (Å²) < 4.78 is 5.01. The summed E-state index contributed by atoms with van der Waals surface area (Å²) in [7, 11) is 3.73. The number of carbonyl (C=O) groups excluding carboxylic acids is 1. The SMILES string of the molecule is COCCN(C)CCNC(=O)[C@@H]1CCC[C@@H]1CN.Cl.Cl. The van der Waals surface area contributed by atoms with Crippen LogP contribution in [0, 0.1) is 11.8 Å². The third kappa shape index (κ3) is 7.64. The van der Waals surface area contributed by atoms with E-state index < -0.39 is 0 Å². The van der Waals surface area contributed by atoms with Crippen molar-refractivity contribution in [3.8, 4) is 0 Å². The zero-order chi connectivity index (χ0) is 13.4. The number of hydrogen-bond donors (Lipinski definition) is 2. The van der Waals surface area contributed by atoms with E-state index in [2.05, 4.69) is 10.2 Å². The first-order valence-electron chi connectivity index (χ1n) is 6.84. The predicted octanol–water partition coefficient (Wildman–Crippen LogP) is 0.899. The topological polar surface area (TPSA) is 67.6 Å². The molecular weight excluding hydrogens is 301 g/mol. The molecule has 0 aromatic rings. The largest absolute Gasteiger partial charge is 0.383 e. The number of amides is 1. The molecule has 20 heavy (non-hydrogen) atoms. The average Bonchev–Trinajstić information content (AvgIpc) is 2.84. The van der Waals surface area contributed by atoms with Crippen molar-refractivity contribution in [2.24, 2.45) is 17.6 Å². The number of halogens is 2. The van der Waals surface area contributed by atoms with Gasteiger partial charge in [0.2, 0.25) is 5.91 Å². The smallest absolute Gasteiger partial charge is 0.223 e. The molecule has 1 rings (SSSR count). The summed E-state index contributed by atoms with van der Waals surface area (Å²) in [5.74, 6) is 0.707. The Bertz CT molecular complexity index is 258. The molecule has 1 saturated carbocycles. The van der Waals surface area contributed by atoms with Crippen molar-refractivity contribution in [3.63, 3.8) is 0 Å². The van der Waals surface area contributed by atoms with E-state index in [1.54, 1.807) is 7.11 Å². The Labute approximate surface area is 134 Å². The van der Waals surface area contributed by atoms with E-state index in [0.717, 1.165) is 39.0 Å². The van der Waals surface area contributed by atoms with Crippen LogP contribution in [-0.4, -0.2) is 57.8 Å². The Hall–Kier alpha value is -0.0700. The third-order valence-corrected chi connectivity index (χ3v) is 3.77. The van der Waals surface area contributed by atoms with Gasteiger partial charge in [0.05, 0.1) is 6.61 Å². The fourth-order valence-corrected chi connectivity index (χ4v) is 2.52. The fraction of sp³-hybridized carbons (Fsp3) is 0.923. The molecule has 2 atom stereocenters. The lowest BCUT2D eigenvalue weighted by Crippen LogP contribution is -2.39. The number of nitrogens with zero attached hydrogens (tertiary/aromatic N) is 1. The molecule has 5 nitrogen and oxygen atoms in total. The van der Waals surface area contributed by atoms with Gasteiger partial charge < -0.3 is 20.7 Å². The number of carbonyl (C=O) groups is 1. The highest BCUT2D eigenvalue weighted by molar-refractivity contribution is 5.85. The Kier molecular flexibility index (Phi) is 14.1. The summed E-state index contributed by atoms with van der Waals surface area (Å²) in [6.07, 6.45) is 3.23. The maximum absolute atomic E-state index is 12.0. The second-order valence-corrected chi connectivity index (χ2v) is 5.12. The van der Waals surface area contributed by atoms with E-state index in [9.17, 15) is 4.79 Å². The van der Waals surface area contributed by atoms with Crippen molar-refractivity contribution < 1.29 is 9.53 Å². The minimum absolute atomic E-state index is 0. The molecule has 1 amide bonds. The van der Waals surface area contributed by atoms with Gasteiger partial charge in [0.1, 0.15) is 0 Å². The van der Waals surface area contributed by atoms with E-state index in [4.69, 9.17) is 10.5 Å². The molecule has 0 aliphatic heterocycles. The standard InChI is InChI=1S/C13H27N3O2.2ClH/c1-16(8-9-18-2)7-6-15-13(17)12-5-3-4-11(12)10-14;;/h11-12H,3-10,14H2,1-2H3,(H,15,17);2*1H/t11-,12-;;/m1../s1. The van der Waals surface area contributed by atoms with E-state index >= 15 is 0 Å². The van der Waals surface area contributed by atoms with Gasteiger partial charge in [-0.2, -0.15) is 0 Å². The Morgan fingerprint density at radius 2 is 2.05 bits per heavy atom. The highest BCUT2D eigenvalue weighted by Crippen LogP contribution is 2.30. The van der Waals surface area contributed by atoms with E-state index in [1.165, 1.54) is 0 Å². The van der Waals surface area contributed by atoms with Crippen LogP contribution in [0.2, 0.25) is 0 Å². The van der Waals surface area contributed by atoms with Crippen LogP contribution >= 0.6 is 24.8 Å². The van der Waals surface area contributed by atoms with E-state index in [-0.39, 0.29) is 36.6 Å². The number of methoxy groups -OCH3 is 1. The highest BCUT2D eigenvalue weighted by Gasteiger charge is 2.31. The summed E-state index contributed by atoms with van der Waals surface area (Å²) in [5, 5.41) is 3.02. The number of hydrogen-bond acceptors (Lipinski definition) is 4. The van der Waals surface area contributed by atoms with Gasteiger partial charge in [-0.3, -0.25) is 4.79 Å². The number of nitrogens with two attached hydrogens (primary N) is 1. The zero-order valence-corrected chi connectivity index (χ0v) is 14.1. The highest BCUT2D eigenvalue weighted by atomic mass is 35.5. The number of rotatable bonds is 8. The van der Waals surface area contributed by atoms with Gasteiger partial charge in [0, 0.05) is 32.7 Å². The minimum Gasteiger partial charge on any atom is -0.383 e. The van der Waals surface area contributed by atoms with Gasteiger partial charge in [0.25, 0.3) is 0 Å². The summed E-state index contributed by atoms with van der Waals surface area (Å²) in [4.78, 5) is 14.2. The monoisotopic (exact) mass is 329 g/mol. The van der Waals surface area contributed by atoms with Gasteiger partial charge in [-0.25, -0.2) is 0 Å². The molecule has 7 heteroatoms. The van der Waals surface area contributed by atoms with Crippen molar-refractivity contribution in [2.75, 3.05) is 46.9 Å². The molecule has 3 N–H and O–H groups in total. The summed E-state index contributed by atoms with van der Waals surface area (Å²) in [6.45, 7) is 3.80. The summed E-state index contributed by atoms with van der Waals surface area (Å²) >= 11 is 0. The first-order chi connectivity index (χ1) is 8.69. The van der Waals surface area contributed by atoms with Crippen molar-refractivity contribution in [2.45, 2.75) is 19.3 Å². The fourth-order valence-electron chi connectivity index (χ4n) is 2.52. The molecule has 0 heterocycles. The first-order valence-corrected chi connectivity index (χ1v) is 6.84. The van der Waals surface area contributed by atoms with Crippen molar-refractivity contribution >= 4 is 30.7 Å². The van der Waals surface area contributed by atoms with Gasteiger partial charge in [-0.1, -0.05) is 6.42 Å². The predicted molar refractivity (Wildman–Crippen MR) is 86.8 cm³/mol. The number of nitrogens with one attached hydrogen (secondary N) is 1. The van der Waals surface area contributed by atoms with Crippen LogP contribution in [0.25, 0.3) is 0 Å². The van der Waals surface area contributed by atoms with Crippen LogP contribution in [0.4, 0.5) is 0 Å². The summed E-state index contributed by atoms with van der Waals surface area (Å²) in [5.41, 5.74) is 5.69. The van der Waals surface area contributed by atoms with Crippen molar-refractivity contribution in [3.05, 3.63) is 0 Å². The Morgan fingerprint density at radius 1 is 1.35 bits per heavy atom. The third-order valence-electron chi connectivity index (χ3n) is 3.77. The summed E-state index contributed by atoms with van der Waals surface area (Å²) in [6, 6.07) is 0. The molecule has 0 aromatic carbocycles. The molecule has 1 fully saturated rings. The molecule has 0 unspecified atom stereocenters. The lowest BCUT2D eigenvalue weighted by molar-refractivity contribution is -0.126. The molecule has 1 aliphatic carbocycles. The zero-order valence-electron chi connectivity index (χ0n) is 12.5. The number of likely N-dealkylation sites (N-methyl/N-ethyl adjacent to an activating group) is 1. The van der Waals surface area contributed by atoms with Gasteiger partial charge in [0.15, 0.2) is 0 Å². The second-order valence-electron chi connectivity index (χ2n) is 5.12. The van der Waals surface area contributed by atoms with Gasteiger partial charge in [-0.05, 0) is 32.4 Å². The Morgan fingerprint density at radius 3 is 2.65 bits per heavy atom. The maximum Gasteiger partial charge on any atom is 0.223 e. The van der Waals surface area contributed by atoms with Crippen molar-refractivity contribution in [1.29, 1.82) is 0 Å². The van der Waals surface area contributed by atoms with Crippen LogP contribution in [0.15, 0.2) is 0 Å². The van der Waals surface area contributed by atoms with Crippen LogP contribution < -0.4 is 11.1 Å². The Balaban J connectivity index is 0. The molecule has 0 spiro atoms.